The number of aromatic nitrogens is 2. The normalized spacial score (nSPS) is 16.9. The van der Waals surface area contributed by atoms with E-state index in [1.54, 1.807) is 17.0 Å². The Labute approximate surface area is 186 Å². The zero-order valence-electron chi connectivity index (χ0n) is 18.1. The van der Waals surface area contributed by atoms with Crippen LogP contribution in [0.25, 0.3) is 0 Å². The fraction of sp³-hybridized carbons (Fsp3) is 0.500. The second-order valence-corrected chi connectivity index (χ2v) is 8.03. The Bertz CT molecular complexity index is 930. The summed E-state index contributed by atoms with van der Waals surface area (Å²) >= 11 is 0. The SMILES string of the molecule is Cc1cc(N2CCCCC2)nc(N2CCN(C(=O)Nc3cccc(OC(F)F)c3)CC2)n1. The van der Waals surface area contributed by atoms with Crippen LogP contribution in [0.15, 0.2) is 30.3 Å². The molecule has 1 N–H and O–H groups in total. The largest absolute Gasteiger partial charge is 0.435 e. The van der Waals surface area contributed by atoms with Crippen LogP contribution in [0.3, 0.4) is 0 Å². The van der Waals surface area contributed by atoms with Crippen molar-refractivity contribution in [3.05, 3.63) is 36.0 Å². The van der Waals surface area contributed by atoms with Crippen LogP contribution in [0.4, 0.5) is 31.0 Å². The lowest BCUT2D eigenvalue weighted by atomic mass is 10.1. The number of nitrogens with one attached hydrogen (secondary N) is 1. The molecular formula is C22H28F2N6O2. The zero-order valence-corrected chi connectivity index (χ0v) is 18.1. The van der Waals surface area contributed by atoms with Crippen LogP contribution in [0, 0.1) is 6.92 Å². The van der Waals surface area contributed by atoms with Crippen LogP contribution in [0.5, 0.6) is 5.75 Å². The number of nitrogens with zero attached hydrogens (tertiary/aromatic N) is 5. The van der Waals surface area contributed by atoms with Gasteiger partial charge in [-0.2, -0.15) is 13.8 Å². The van der Waals surface area contributed by atoms with Crippen molar-refractivity contribution >= 4 is 23.5 Å². The molecule has 0 aliphatic carbocycles. The van der Waals surface area contributed by atoms with Crippen molar-refractivity contribution in [3.8, 4) is 5.75 Å². The molecule has 3 heterocycles. The molecule has 0 saturated carbocycles. The Morgan fingerprint density at radius 1 is 1.00 bits per heavy atom. The summed E-state index contributed by atoms with van der Waals surface area (Å²) in [7, 11) is 0. The maximum atomic E-state index is 12.6. The molecule has 0 bridgehead atoms. The first-order valence-electron chi connectivity index (χ1n) is 10.9. The molecule has 1 aromatic heterocycles. The van der Waals surface area contributed by atoms with E-state index in [4.69, 9.17) is 4.98 Å². The van der Waals surface area contributed by atoms with Crippen molar-refractivity contribution < 1.29 is 18.3 Å². The number of piperazine rings is 1. The van der Waals surface area contributed by atoms with Gasteiger partial charge in [-0.15, -0.1) is 0 Å². The van der Waals surface area contributed by atoms with E-state index in [-0.39, 0.29) is 11.8 Å². The van der Waals surface area contributed by atoms with Crippen molar-refractivity contribution in [2.45, 2.75) is 32.8 Å². The summed E-state index contributed by atoms with van der Waals surface area (Å²) in [4.78, 5) is 28.2. The molecule has 4 rings (SSSR count). The fourth-order valence-corrected chi connectivity index (χ4v) is 4.03. The molecule has 1 aromatic carbocycles. The van der Waals surface area contributed by atoms with Gasteiger partial charge in [0, 0.05) is 62.8 Å². The Balaban J connectivity index is 1.35. The van der Waals surface area contributed by atoms with E-state index >= 15 is 0 Å². The van der Waals surface area contributed by atoms with Crippen LogP contribution in [0.2, 0.25) is 0 Å². The van der Waals surface area contributed by atoms with E-state index in [0.29, 0.717) is 37.8 Å². The van der Waals surface area contributed by atoms with Gasteiger partial charge < -0.3 is 24.8 Å². The molecule has 2 aromatic rings. The van der Waals surface area contributed by atoms with E-state index in [2.05, 4.69) is 24.8 Å². The van der Waals surface area contributed by atoms with Gasteiger partial charge in [0.2, 0.25) is 5.95 Å². The van der Waals surface area contributed by atoms with Crippen molar-refractivity contribution in [1.82, 2.24) is 14.9 Å². The van der Waals surface area contributed by atoms with E-state index in [1.165, 1.54) is 31.4 Å². The Morgan fingerprint density at radius 2 is 1.75 bits per heavy atom. The second-order valence-electron chi connectivity index (χ2n) is 8.03. The lowest BCUT2D eigenvalue weighted by Crippen LogP contribution is -2.50. The molecule has 2 amide bonds. The molecule has 0 spiro atoms. The highest BCUT2D eigenvalue weighted by molar-refractivity contribution is 5.89. The Kier molecular flexibility index (Phi) is 6.87. The number of benzene rings is 1. The summed E-state index contributed by atoms with van der Waals surface area (Å²) in [6.45, 7) is 3.36. The summed E-state index contributed by atoms with van der Waals surface area (Å²) in [6, 6.07) is 7.74. The summed E-state index contributed by atoms with van der Waals surface area (Å²) in [5, 5.41) is 2.75. The van der Waals surface area contributed by atoms with Crippen molar-refractivity contribution in [1.29, 1.82) is 0 Å². The van der Waals surface area contributed by atoms with Gasteiger partial charge in [-0.1, -0.05) is 6.07 Å². The molecule has 32 heavy (non-hydrogen) atoms. The summed E-state index contributed by atoms with van der Waals surface area (Å²) in [6.07, 6.45) is 3.63. The molecule has 0 unspecified atom stereocenters. The quantitative estimate of drug-likeness (QED) is 0.755. The van der Waals surface area contributed by atoms with Crippen LogP contribution < -0.4 is 19.9 Å². The summed E-state index contributed by atoms with van der Waals surface area (Å²) in [5.41, 5.74) is 1.34. The predicted octanol–water partition coefficient (Wildman–Crippen LogP) is 3.73. The van der Waals surface area contributed by atoms with E-state index in [9.17, 15) is 13.6 Å². The Morgan fingerprint density at radius 3 is 2.47 bits per heavy atom. The molecule has 0 radical (unpaired) electrons. The molecule has 172 valence electrons. The third-order valence-corrected chi connectivity index (χ3v) is 5.67. The molecule has 10 heteroatoms. The molecule has 2 aliphatic rings. The van der Waals surface area contributed by atoms with Gasteiger partial charge in [0.15, 0.2) is 0 Å². The van der Waals surface area contributed by atoms with Gasteiger partial charge in [-0.25, -0.2) is 9.78 Å². The van der Waals surface area contributed by atoms with Crippen molar-refractivity contribution in [3.63, 3.8) is 0 Å². The van der Waals surface area contributed by atoms with Gasteiger partial charge in [0.05, 0.1) is 0 Å². The highest BCUT2D eigenvalue weighted by atomic mass is 19.3. The fourth-order valence-electron chi connectivity index (χ4n) is 4.03. The minimum atomic E-state index is -2.91. The molecule has 8 nitrogen and oxygen atoms in total. The predicted molar refractivity (Wildman–Crippen MR) is 119 cm³/mol. The highest BCUT2D eigenvalue weighted by Crippen LogP contribution is 2.23. The first kappa shape index (κ1) is 22.0. The average Bonchev–Trinajstić information content (AvgIpc) is 2.79. The first-order chi connectivity index (χ1) is 15.5. The lowest BCUT2D eigenvalue weighted by molar-refractivity contribution is -0.0498. The van der Waals surface area contributed by atoms with Crippen molar-refractivity contribution in [2.75, 3.05) is 54.4 Å². The van der Waals surface area contributed by atoms with Gasteiger partial charge in [0.1, 0.15) is 11.6 Å². The van der Waals surface area contributed by atoms with Crippen LogP contribution in [-0.2, 0) is 0 Å². The standard InChI is InChI=1S/C22H28F2N6O2/c1-16-14-19(28-8-3-2-4-9-28)27-21(25-16)29-10-12-30(13-11-29)22(31)26-17-6-5-7-18(15-17)32-20(23)24/h5-7,14-15,20H,2-4,8-13H2,1H3,(H,26,31). The second kappa shape index (κ2) is 9.97. The minimum Gasteiger partial charge on any atom is -0.435 e. The van der Waals surface area contributed by atoms with E-state index < -0.39 is 6.61 Å². The van der Waals surface area contributed by atoms with E-state index in [1.807, 2.05) is 13.0 Å². The van der Waals surface area contributed by atoms with E-state index in [0.717, 1.165) is 24.6 Å². The number of piperidine rings is 1. The maximum Gasteiger partial charge on any atom is 0.387 e. The third-order valence-electron chi connectivity index (χ3n) is 5.67. The molecule has 2 fully saturated rings. The van der Waals surface area contributed by atoms with Gasteiger partial charge in [0.25, 0.3) is 0 Å². The van der Waals surface area contributed by atoms with Gasteiger partial charge in [-0.05, 0) is 38.3 Å². The van der Waals surface area contributed by atoms with Crippen LogP contribution in [0.1, 0.15) is 25.0 Å². The van der Waals surface area contributed by atoms with Crippen LogP contribution in [-0.4, -0.2) is 66.8 Å². The average molecular weight is 447 g/mol. The Hall–Kier alpha value is -3.17. The molecular weight excluding hydrogens is 418 g/mol. The number of rotatable bonds is 5. The number of hydrogen-bond donors (Lipinski definition) is 1. The third kappa shape index (κ3) is 5.54. The van der Waals surface area contributed by atoms with Gasteiger partial charge >= 0.3 is 12.6 Å². The topological polar surface area (TPSA) is 73.8 Å². The summed E-state index contributed by atoms with van der Waals surface area (Å²) < 4.78 is 29.2. The first-order valence-corrected chi connectivity index (χ1v) is 10.9. The number of carbonyl (C=O) groups is 1. The smallest absolute Gasteiger partial charge is 0.387 e. The number of alkyl halides is 2. The molecule has 0 atom stereocenters. The summed E-state index contributed by atoms with van der Waals surface area (Å²) in [5.74, 6) is 1.67. The molecule has 2 aliphatic heterocycles. The van der Waals surface area contributed by atoms with Gasteiger partial charge in [-0.3, -0.25) is 0 Å². The number of ether oxygens (including phenoxy) is 1. The monoisotopic (exact) mass is 446 g/mol. The number of carbonyl (C=O) groups excluding carboxylic acids is 1. The number of urea groups is 1. The number of aryl methyl sites for hydroxylation is 1. The number of hydrogen-bond acceptors (Lipinski definition) is 6. The number of amides is 2. The number of anilines is 3. The molecule has 2 saturated heterocycles. The zero-order chi connectivity index (χ0) is 22.5. The lowest BCUT2D eigenvalue weighted by Gasteiger charge is -2.35. The maximum absolute atomic E-state index is 12.6. The minimum absolute atomic E-state index is 0.00345. The van der Waals surface area contributed by atoms with Crippen LogP contribution >= 0.6 is 0 Å². The highest BCUT2D eigenvalue weighted by Gasteiger charge is 2.24. The number of halogens is 2. The van der Waals surface area contributed by atoms with Crippen molar-refractivity contribution in [2.24, 2.45) is 0 Å².